The lowest BCUT2D eigenvalue weighted by Gasteiger charge is -2.27. The van der Waals surface area contributed by atoms with Crippen LogP contribution in [0.15, 0.2) is 56.9 Å². The minimum atomic E-state index is -3.78. The number of benzene rings is 1. The van der Waals surface area contributed by atoms with Crippen LogP contribution in [0.2, 0.25) is 0 Å². The van der Waals surface area contributed by atoms with E-state index in [-0.39, 0.29) is 21.9 Å². The molecule has 152 valence electrons. The Morgan fingerprint density at radius 3 is 2.25 bits per heavy atom. The second-order valence-corrected chi connectivity index (χ2v) is 11.0. The van der Waals surface area contributed by atoms with Gasteiger partial charge in [0, 0.05) is 12.6 Å². The van der Waals surface area contributed by atoms with Crippen LogP contribution in [0.5, 0.6) is 0 Å². The molecule has 1 aliphatic carbocycles. The van der Waals surface area contributed by atoms with Gasteiger partial charge in [-0.15, -0.1) is 0 Å². The van der Waals surface area contributed by atoms with Gasteiger partial charge in [-0.1, -0.05) is 12.8 Å². The number of furan rings is 1. The van der Waals surface area contributed by atoms with Crippen LogP contribution in [0.4, 0.5) is 0 Å². The van der Waals surface area contributed by atoms with Crippen molar-refractivity contribution in [3.63, 3.8) is 0 Å². The van der Waals surface area contributed by atoms with Gasteiger partial charge >= 0.3 is 0 Å². The van der Waals surface area contributed by atoms with Gasteiger partial charge in [-0.25, -0.2) is 21.6 Å². The van der Waals surface area contributed by atoms with E-state index in [4.69, 9.17) is 4.42 Å². The fourth-order valence-electron chi connectivity index (χ4n) is 3.55. The molecule has 0 amide bonds. The van der Waals surface area contributed by atoms with Crippen molar-refractivity contribution < 1.29 is 21.3 Å². The molecule has 1 aliphatic heterocycles. The SMILES string of the molecule is O=S(=O)(NC1CC1)c1ccc(S(=O)(=O)N2CCCCC[C@H]2c2ccco2)cc1. The Morgan fingerprint density at radius 1 is 0.893 bits per heavy atom. The van der Waals surface area contributed by atoms with Crippen molar-refractivity contribution >= 4 is 20.0 Å². The second-order valence-electron chi connectivity index (χ2n) is 7.36. The molecule has 0 unspecified atom stereocenters. The predicted molar refractivity (Wildman–Crippen MR) is 104 cm³/mol. The summed E-state index contributed by atoms with van der Waals surface area (Å²) in [6, 6.07) is 8.69. The van der Waals surface area contributed by atoms with Crippen molar-refractivity contribution in [2.24, 2.45) is 0 Å². The average Bonchev–Trinajstić information content (AvgIpc) is 3.38. The van der Waals surface area contributed by atoms with Crippen LogP contribution < -0.4 is 4.72 Å². The van der Waals surface area contributed by atoms with Gasteiger partial charge in [0.25, 0.3) is 0 Å². The first-order valence-corrected chi connectivity index (χ1v) is 12.5. The molecular weight excluding hydrogens is 400 g/mol. The molecule has 7 nitrogen and oxygen atoms in total. The molecule has 1 aromatic carbocycles. The second kappa shape index (κ2) is 7.62. The summed E-state index contributed by atoms with van der Waals surface area (Å²) in [7, 11) is -7.39. The predicted octanol–water partition coefficient (Wildman–Crippen LogP) is 3.03. The van der Waals surface area contributed by atoms with Crippen LogP contribution in [0.25, 0.3) is 0 Å². The van der Waals surface area contributed by atoms with E-state index < -0.39 is 20.0 Å². The summed E-state index contributed by atoms with van der Waals surface area (Å²) in [6.07, 6.45) is 6.62. The fraction of sp³-hybridized carbons (Fsp3) is 0.474. The first kappa shape index (κ1) is 19.6. The first-order chi connectivity index (χ1) is 13.4. The van der Waals surface area contributed by atoms with E-state index in [0.717, 1.165) is 32.1 Å². The molecular formula is C19H24N2O5S2. The van der Waals surface area contributed by atoms with Crippen LogP contribution in [0.1, 0.15) is 50.3 Å². The van der Waals surface area contributed by atoms with E-state index in [9.17, 15) is 16.8 Å². The van der Waals surface area contributed by atoms with Crippen LogP contribution in [0, 0.1) is 0 Å². The lowest BCUT2D eigenvalue weighted by Crippen LogP contribution is -2.34. The minimum Gasteiger partial charge on any atom is -0.468 e. The molecule has 2 aliphatic rings. The zero-order chi connectivity index (χ0) is 19.8. The summed E-state index contributed by atoms with van der Waals surface area (Å²) >= 11 is 0. The average molecular weight is 425 g/mol. The Hall–Kier alpha value is -1.68. The summed E-state index contributed by atoms with van der Waals surface area (Å²) in [5.74, 6) is 0.637. The summed E-state index contributed by atoms with van der Waals surface area (Å²) in [5.41, 5.74) is 0. The Balaban J connectivity index is 1.62. The zero-order valence-electron chi connectivity index (χ0n) is 15.5. The Kier molecular flexibility index (Phi) is 5.34. The molecule has 28 heavy (non-hydrogen) atoms. The normalized spacial score (nSPS) is 22.1. The van der Waals surface area contributed by atoms with Crippen molar-refractivity contribution in [2.75, 3.05) is 6.54 Å². The van der Waals surface area contributed by atoms with E-state index in [0.29, 0.717) is 18.7 Å². The third-order valence-electron chi connectivity index (χ3n) is 5.22. The molecule has 1 saturated heterocycles. The van der Waals surface area contributed by atoms with Gasteiger partial charge in [0.1, 0.15) is 5.76 Å². The highest BCUT2D eigenvalue weighted by Gasteiger charge is 2.35. The van der Waals surface area contributed by atoms with Gasteiger partial charge < -0.3 is 4.42 Å². The van der Waals surface area contributed by atoms with Crippen molar-refractivity contribution in [3.8, 4) is 0 Å². The Labute approximate surface area is 165 Å². The monoisotopic (exact) mass is 424 g/mol. The first-order valence-electron chi connectivity index (χ1n) is 9.55. The van der Waals surface area contributed by atoms with Gasteiger partial charge in [0.2, 0.25) is 20.0 Å². The van der Waals surface area contributed by atoms with Crippen LogP contribution in [-0.4, -0.2) is 33.7 Å². The van der Waals surface area contributed by atoms with Gasteiger partial charge in [0.05, 0.1) is 22.1 Å². The van der Waals surface area contributed by atoms with E-state index in [1.807, 2.05) is 0 Å². The quantitative estimate of drug-likeness (QED) is 0.769. The molecule has 2 heterocycles. The molecule has 0 spiro atoms. The Morgan fingerprint density at radius 2 is 1.61 bits per heavy atom. The minimum absolute atomic E-state index is 0.000404. The molecule has 1 atom stereocenters. The number of hydrogen-bond donors (Lipinski definition) is 1. The maximum atomic E-state index is 13.3. The van der Waals surface area contributed by atoms with Crippen molar-refractivity contribution in [1.82, 2.24) is 9.03 Å². The van der Waals surface area contributed by atoms with Gasteiger partial charge in [-0.3, -0.25) is 0 Å². The van der Waals surface area contributed by atoms with Gasteiger partial charge in [-0.05, 0) is 62.1 Å². The summed E-state index contributed by atoms with van der Waals surface area (Å²) in [4.78, 5) is 0.174. The molecule has 4 rings (SSSR count). The third kappa shape index (κ3) is 4.03. The van der Waals surface area contributed by atoms with E-state index in [2.05, 4.69) is 4.72 Å². The third-order valence-corrected chi connectivity index (χ3v) is 8.67. The molecule has 0 radical (unpaired) electrons. The molecule has 2 fully saturated rings. The smallest absolute Gasteiger partial charge is 0.243 e. The number of nitrogens with zero attached hydrogens (tertiary/aromatic N) is 1. The topological polar surface area (TPSA) is 96.7 Å². The molecule has 2 aromatic rings. The maximum absolute atomic E-state index is 13.3. The zero-order valence-corrected chi connectivity index (χ0v) is 17.1. The largest absolute Gasteiger partial charge is 0.468 e. The highest BCUT2D eigenvalue weighted by Crippen LogP contribution is 2.35. The number of sulfonamides is 2. The van der Waals surface area contributed by atoms with E-state index in [1.54, 1.807) is 18.4 Å². The van der Waals surface area contributed by atoms with Crippen LogP contribution >= 0.6 is 0 Å². The molecule has 0 bridgehead atoms. The van der Waals surface area contributed by atoms with Crippen molar-refractivity contribution in [1.29, 1.82) is 0 Å². The van der Waals surface area contributed by atoms with Gasteiger partial charge in [0.15, 0.2) is 0 Å². The van der Waals surface area contributed by atoms with Crippen LogP contribution in [0.3, 0.4) is 0 Å². The molecule has 9 heteroatoms. The summed E-state index contributed by atoms with van der Waals surface area (Å²) in [6.45, 7) is 0.414. The lowest BCUT2D eigenvalue weighted by atomic mass is 10.1. The number of rotatable bonds is 6. The standard InChI is InChI=1S/C19H24N2O5S2/c22-27(23,20-15-7-8-15)16-9-11-17(12-10-16)28(24,25)21-13-3-1-2-5-18(21)19-6-4-14-26-19/h4,6,9-12,14-15,18,20H,1-3,5,7-8,13H2/t18-/m0/s1. The Bertz CT molecular complexity index is 1010. The van der Waals surface area contributed by atoms with Crippen molar-refractivity contribution in [2.45, 2.75) is 60.4 Å². The number of nitrogens with one attached hydrogen (secondary N) is 1. The van der Waals surface area contributed by atoms with E-state index in [1.165, 1.54) is 28.6 Å². The number of hydrogen-bond acceptors (Lipinski definition) is 5. The fourth-order valence-corrected chi connectivity index (χ4v) is 6.52. The summed E-state index contributed by atoms with van der Waals surface area (Å²) in [5, 5.41) is 0. The summed E-state index contributed by atoms with van der Waals surface area (Å²) < 4.78 is 60.9. The molecule has 1 N–H and O–H groups in total. The van der Waals surface area contributed by atoms with Crippen LogP contribution in [-0.2, 0) is 20.0 Å². The molecule has 1 saturated carbocycles. The van der Waals surface area contributed by atoms with Gasteiger partial charge in [-0.2, -0.15) is 4.31 Å². The highest BCUT2D eigenvalue weighted by atomic mass is 32.2. The maximum Gasteiger partial charge on any atom is 0.243 e. The van der Waals surface area contributed by atoms with E-state index >= 15 is 0 Å². The highest BCUT2D eigenvalue weighted by molar-refractivity contribution is 7.89. The van der Waals surface area contributed by atoms with Crippen molar-refractivity contribution in [3.05, 3.63) is 48.4 Å². The molecule has 1 aromatic heterocycles. The lowest BCUT2D eigenvalue weighted by molar-refractivity contribution is 0.285.